The molecule has 98 valence electrons. The minimum Gasteiger partial charge on any atom is -0.369 e. The molecule has 2 heterocycles. The minimum absolute atomic E-state index is 0.551. The lowest BCUT2D eigenvalue weighted by Crippen LogP contribution is -2.27. The van der Waals surface area contributed by atoms with Crippen LogP contribution in [0.15, 0.2) is 12.1 Å². The van der Waals surface area contributed by atoms with Crippen LogP contribution in [0.25, 0.3) is 11.2 Å². The number of nitrogen functional groups attached to an aromatic ring is 1. The Kier molecular flexibility index (Phi) is 3.81. The highest BCUT2D eigenvalue weighted by Gasteiger charge is 2.10. The number of aryl methyl sites for hydroxylation is 1. The molecule has 5 heteroatoms. The standard InChI is InChI=1S/C13H21N5/c1-4-17(5-2)8-9-18-12-11(16-13(18)14)7-6-10(3)15-12/h6-7H,4-5,8-9H2,1-3H3,(H2,14,16). The molecule has 0 saturated heterocycles. The van der Waals surface area contributed by atoms with Crippen LogP contribution in [0.5, 0.6) is 0 Å². The van der Waals surface area contributed by atoms with Crippen molar-refractivity contribution in [1.82, 2.24) is 19.4 Å². The van der Waals surface area contributed by atoms with Crippen molar-refractivity contribution in [2.75, 3.05) is 25.4 Å². The molecule has 0 bridgehead atoms. The summed E-state index contributed by atoms with van der Waals surface area (Å²) in [6.45, 7) is 10.2. The van der Waals surface area contributed by atoms with Gasteiger partial charge in [0.2, 0.25) is 5.95 Å². The second-order valence-electron chi connectivity index (χ2n) is 4.44. The van der Waals surface area contributed by atoms with Crippen LogP contribution in [-0.4, -0.2) is 39.1 Å². The fourth-order valence-electron chi connectivity index (χ4n) is 2.12. The van der Waals surface area contributed by atoms with Gasteiger partial charge in [-0.15, -0.1) is 0 Å². The maximum absolute atomic E-state index is 5.97. The molecule has 2 aromatic rings. The molecule has 5 nitrogen and oxygen atoms in total. The molecule has 0 aliphatic carbocycles. The lowest BCUT2D eigenvalue weighted by atomic mass is 10.3. The molecule has 18 heavy (non-hydrogen) atoms. The van der Waals surface area contributed by atoms with Crippen molar-refractivity contribution in [2.24, 2.45) is 0 Å². The molecule has 2 rings (SSSR count). The van der Waals surface area contributed by atoms with E-state index in [0.29, 0.717) is 5.95 Å². The summed E-state index contributed by atoms with van der Waals surface area (Å²) in [5, 5.41) is 0. The fourth-order valence-corrected chi connectivity index (χ4v) is 2.12. The van der Waals surface area contributed by atoms with Gasteiger partial charge in [-0.2, -0.15) is 0 Å². The number of nitrogens with zero attached hydrogens (tertiary/aromatic N) is 4. The van der Waals surface area contributed by atoms with Gasteiger partial charge in [0.1, 0.15) is 5.52 Å². The van der Waals surface area contributed by atoms with Crippen LogP contribution < -0.4 is 5.73 Å². The quantitative estimate of drug-likeness (QED) is 0.873. The van der Waals surface area contributed by atoms with Crippen LogP contribution >= 0.6 is 0 Å². The first-order chi connectivity index (χ1) is 8.65. The topological polar surface area (TPSA) is 60.0 Å². The van der Waals surface area contributed by atoms with E-state index in [-0.39, 0.29) is 0 Å². The highest BCUT2D eigenvalue weighted by atomic mass is 15.2. The summed E-state index contributed by atoms with van der Waals surface area (Å²) in [6, 6.07) is 3.94. The first-order valence-corrected chi connectivity index (χ1v) is 6.47. The average Bonchev–Trinajstić information content (AvgIpc) is 2.66. The number of anilines is 1. The van der Waals surface area contributed by atoms with E-state index in [2.05, 4.69) is 28.7 Å². The summed E-state index contributed by atoms with van der Waals surface area (Å²) < 4.78 is 2.00. The third-order valence-electron chi connectivity index (χ3n) is 3.30. The maximum Gasteiger partial charge on any atom is 0.202 e. The molecule has 2 N–H and O–H groups in total. The van der Waals surface area contributed by atoms with E-state index in [4.69, 9.17) is 5.73 Å². The fraction of sp³-hybridized carbons (Fsp3) is 0.538. The summed E-state index contributed by atoms with van der Waals surface area (Å²) in [5.41, 5.74) is 8.72. The number of pyridine rings is 1. The maximum atomic E-state index is 5.97. The van der Waals surface area contributed by atoms with E-state index < -0.39 is 0 Å². The number of hydrogen-bond donors (Lipinski definition) is 1. The lowest BCUT2D eigenvalue weighted by molar-refractivity contribution is 0.292. The molecule has 0 aromatic carbocycles. The predicted octanol–water partition coefficient (Wildman–Crippen LogP) is 1.66. The van der Waals surface area contributed by atoms with E-state index in [0.717, 1.165) is 43.0 Å². The van der Waals surface area contributed by atoms with E-state index in [1.54, 1.807) is 0 Å². The Labute approximate surface area is 108 Å². The first kappa shape index (κ1) is 12.8. The second kappa shape index (κ2) is 5.35. The largest absolute Gasteiger partial charge is 0.369 e. The monoisotopic (exact) mass is 247 g/mol. The zero-order chi connectivity index (χ0) is 13.1. The van der Waals surface area contributed by atoms with Crippen molar-refractivity contribution < 1.29 is 0 Å². The van der Waals surface area contributed by atoms with Gasteiger partial charge in [-0.1, -0.05) is 13.8 Å². The van der Waals surface area contributed by atoms with Crippen LogP contribution in [0, 0.1) is 6.92 Å². The van der Waals surface area contributed by atoms with Crippen LogP contribution in [0.2, 0.25) is 0 Å². The summed E-state index contributed by atoms with van der Waals surface area (Å²) >= 11 is 0. The van der Waals surface area contributed by atoms with Crippen LogP contribution in [0.3, 0.4) is 0 Å². The van der Waals surface area contributed by atoms with E-state index >= 15 is 0 Å². The van der Waals surface area contributed by atoms with Gasteiger partial charge in [-0.3, -0.25) is 4.57 Å². The van der Waals surface area contributed by atoms with Gasteiger partial charge >= 0.3 is 0 Å². The predicted molar refractivity (Wildman–Crippen MR) is 74.5 cm³/mol. The number of rotatable bonds is 5. The second-order valence-corrected chi connectivity index (χ2v) is 4.44. The van der Waals surface area contributed by atoms with Gasteiger partial charge in [-0.05, 0) is 32.1 Å². The Morgan fingerprint density at radius 1 is 1.22 bits per heavy atom. The van der Waals surface area contributed by atoms with Gasteiger partial charge in [-0.25, -0.2) is 9.97 Å². The molecule has 0 fully saturated rings. The van der Waals surface area contributed by atoms with Gasteiger partial charge in [0.05, 0.1) is 0 Å². The third-order valence-corrected chi connectivity index (χ3v) is 3.30. The molecule has 0 spiro atoms. The van der Waals surface area contributed by atoms with Gasteiger partial charge in [0, 0.05) is 18.8 Å². The van der Waals surface area contributed by atoms with E-state index in [1.165, 1.54) is 0 Å². The molecule has 2 aromatic heterocycles. The molecule has 0 saturated carbocycles. The highest BCUT2D eigenvalue weighted by Crippen LogP contribution is 2.16. The first-order valence-electron chi connectivity index (χ1n) is 6.47. The number of imidazole rings is 1. The average molecular weight is 247 g/mol. The smallest absolute Gasteiger partial charge is 0.202 e. The van der Waals surface area contributed by atoms with Crippen molar-refractivity contribution in [2.45, 2.75) is 27.3 Å². The molecule has 0 aliphatic rings. The SMILES string of the molecule is CCN(CC)CCn1c(N)nc2ccc(C)nc21. The Hall–Kier alpha value is -1.62. The number of aromatic nitrogens is 3. The number of hydrogen-bond acceptors (Lipinski definition) is 4. The minimum atomic E-state index is 0.551. The summed E-state index contributed by atoms with van der Waals surface area (Å²) in [7, 11) is 0. The van der Waals surface area contributed by atoms with Crippen molar-refractivity contribution in [3.63, 3.8) is 0 Å². The van der Waals surface area contributed by atoms with Crippen molar-refractivity contribution in [3.8, 4) is 0 Å². The molecular weight excluding hydrogens is 226 g/mol. The van der Waals surface area contributed by atoms with Crippen molar-refractivity contribution in [3.05, 3.63) is 17.8 Å². The van der Waals surface area contributed by atoms with Gasteiger partial charge in [0.25, 0.3) is 0 Å². The van der Waals surface area contributed by atoms with Crippen LogP contribution in [0.1, 0.15) is 19.5 Å². The van der Waals surface area contributed by atoms with Gasteiger partial charge < -0.3 is 10.6 Å². The Morgan fingerprint density at radius 2 is 1.94 bits per heavy atom. The molecule has 0 aliphatic heterocycles. The Morgan fingerprint density at radius 3 is 2.61 bits per heavy atom. The number of likely N-dealkylation sites (N-methyl/N-ethyl adjacent to an activating group) is 1. The molecule has 0 unspecified atom stereocenters. The number of fused-ring (bicyclic) bond motifs is 1. The van der Waals surface area contributed by atoms with Crippen LogP contribution in [0.4, 0.5) is 5.95 Å². The van der Waals surface area contributed by atoms with E-state index in [1.807, 2.05) is 23.6 Å². The third kappa shape index (κ3) is 2.46. The summed E-state index contributed by atoms with van der Waals surface area (Å²) in [6.07, 6.45) is 0. The lowest BCUT2D eigenvalue weighted by Gasteiger charge is -2.18. The Bertz CT molecular complexity index is 527. The molecule has 0 amide bonds. The normalized spacial score (nSPS) is 11.6. The van der Waals surface area contributed by atoms with Crippen molar-refractivity contribution >= 4 is 17.1 Å². The molecule has 0 radical (unpaired) electrons. The highest BCUT2D eigenvalue weighted by molar-refractivity contribution is 5.74. The van der Waals surface area contributed by atoms with E-state index in [9.17, 15) is 0 Å². The Balaban J connectivity index is 2.26. The summed E-state index contributed by atoms with van der Waals surface area (Å²) in [4.78, 5) is 11.2. The molecule has 0 atom stereocenters. The van der Waals surface area contributed by atoms with Crippen LogP contribution in [-0.2, 0) is 6.54 Å². The zero-order valence-corrected chi connectivity index (χ0v) is 11.3. The molecular formula is C13H21N5. The number of nitrogens with two attached hydrogens (primary N) is 1. The van der Waals surface area contributed by atoms with Crippen molar-refractivity contribution in [1.29, 1.82) is 0 Å². The van der Waals surface area contributed by atoms with Gasteiger partial charge in [0.15, 0.2) is 5.65 Å². The zero-order valence-electron chi connectivity index (χ0n) is 11.3. The summed E-state index contributed by atoms with van der Waals surface area (Å²) in [5.74, 6) is 0.551.